The first-order valence-electron chi connectivity index (χ1n) is 5.52. The van der Waals surface area contributed by atoms with Crippen molar-refractivity contribution in [3.8, 4) is 5.75 Å². The Bertz CT molecular complexity index is 340. The molecule has 1 rings (SSSR count). The van der Waals surface area contributed by atoms with Crippen LogP contribution in [0.2, 0.25) is 0 Å². The van der Waals surface area contributed by atoms with Crippen LogP contribution in [-0.4, -0.2) is 12.6 Å². The zero-order chi connectivity index (χ0) is 11.8. The van der Waals surface area contributed by atoms with E-state index in [4.69, 9.17) is 10.5 Å². The molecule has 2 amide bonds. The smallest absolute Gasteiger partial charge is 0.316 e. The van der Waals surface area contributed by atoms with Gasteiger partial charge >= 0.3 is 6.03 Å². The molecule has 0 unspecified atom stereocenters. The number of ether oxygens (including phenoxy) is 1. The second-order valence-corrected chi connectivity index (χ2v) is 3.54. The monoisotopic (exact) mass is 222 g/mol. The van der Waals surface area contributed by atoms with Crippen LogP contribution < -0.4 is 15.8 Å². The zero-order valence-electron chi connectivity index (χ0n) is 9.53. The summed E-state index contributed by atoms with van der Waals surface area (Å²) in [5.74, 6) is 0.664. The van der Waals surface area contributed by atoms with E-state index in [0.29, 0.717) is 18.0 Å². The largest absolute Gasteiger partial charge is 0.491 e. The summed E-state index contributed by atoms with van der Waals surface area (Å²) in [5.41, 5.74) is 5.68. The van der Waals surface area contributed by atoms with E-state index in [1.807, 2.05) is 18.2 Å². The molecular formula is C12H18N2O2. The number of anilines is 1. The average Bonchev–Trinajstić information content (AvgIpc) is 2.26. The first kappa shape index (κ1) is 12.4. The first-order chi connectivity index (χ1) is 7.74. The van der Waals surface area contributed by atoms with Crippen molar-refractivity contribution in [2.24, 2.45) is 5.73 Å². The molecular weight excluding hydrogens is 204 g/mol. The Morgan fingerprint density at radius 1 is 1.38 bits per heavy atom. The molecule has 16 heavy (non-hydrogen) atoms. The van der Waals surface area contributed by atoms with Gasteiger partial charge in [0.1, 0.15) is 5.75 Å². The van der Waals surface area contributed by atoms with Crippen molar-refractivity contribution < 1.29 is 9.53 Å². The van der Waals surface area contributed by atoms with Crippen molar-refractivity contribution in [3.63, 3.8) is 0 Å². The van der Waals surface area contributed by atoms with Gasteiger partial charge in [-0.3, -0.25) is 0 Å². The van der Waals surface area contributed by atoms with Crippen LogP contribution >= 0.6 is 0 Å². The number of hydrogen-bond donors (Lipinski definition) is 2. The molecule has 0 atom stereocenters. The minimum atomic E-state index is -0.579. The molecule has 0 heterocycles. The average molecular weight is 222 g/mol. The summed E-state index contributed by atoms with van der Waals surface area (Å²) in [7, 11) is 0. The summed E-state index contributed by atoms with van der Waals surface area (Å²) >= 11 is 0. The quantitative estimate of drug-likeness (QED) is 0.727. The van der Waals surface area contributed by atoms with E-state index in [2.05, 4.69) is 12.2 Å². The Morgan fingerprint density at radius 3 is 2.81 bits per heavy atom. The topological polar surface area (TPSA) is 64.3 Å². The lowest BCUT2D eigenvalue weighted by Gasteiger charge is -2.10. The Hall–Kier alpha value is -1.71. The van der Waals surface area contributed by atoms with Crippen LogP contribution in [0.4, 0.5) is 10.5 Å². The normalized spacial score (nSPS) is 9.81. The van der Waals surface area contributed by atoms with E-state index < -0.39 is 6.03 Å². The standard InChI is InChI=1S/C12H18N2O2/c1-2-3-6-9-16-11-8-5-4-7-10(11)14-12(13)15/h4-5,7-8H,2-3,6,9H2,1H3,(H3,13,14,15). The molecule has 0 radical (unpaired) electrons. The molecule has 0 spiro atoms. The SMILES string of the molecule is CCCCCOc1ccccc1NC(N)=O. The van der Waals surface area contributed by atoms with E-state index in [0.717, 1.165) is 19.3 Å². The highest BCUT2D eigenvalue weighted by Crippen LogP contribution is 2.23. The molecule has 0 aromatic heterocycles. The second kappa shape index (κ2) is 6.71. The van der Waals surface area contributed by atoms with Crippen LogP contribution in [0, 0.1) is 0 Å². The van der Waals surface area contributed by atoms with E-state index in [-0.39, 0.29) is 0 Å². The van der Waals surface area contributed by atoms with Crippen molar-refractivity contribution in [1.29, 1.82) is 0 Å². The number of carbonyl (C=O) groups is 1. The number of nitrogens with two attached hydrogens (primary N) is 1. The number of amides is 2. The predicted molar refractivity (Wildman–Crippen MR) is 64.7 cm³/mol. The van der Waals surface area contributed by atoms with Crippen molar-refractivity contribution in [3.05, 3.63) is 24.3 Å². The molecule has 4 heteroatoms. The Balaban J connectivity index is 2.53. The van der Waals surface area contributed by atoms with Gasteiger partial charge in [0.2, 0.25) is 0 Å². The van der Waals surface area contributed by atoms with Gasteiger partial charge in [0.15, 0.2) is 0 Å². The van der Waals surface area contributed by atoms with Crippen LogP contribution in [0.15, 0.2) is 24.3 Å². The molecule has 0 bridgehead atoms. The van der Waals surface area contributed by atoms with E-state index >= 15 is 0 Å². The number of rotatable bonds is 6. The first-order valence-corrected chi connectivity index (χ1v) is 5.52. The molecule has 0 aliphatic rings. The summed E-state index contributed by atoms with van der Waals surface area (Å²) in [5, 5.41) is 2.53. The lowest BCUT2D eigenvalue weighted by Crippen LogP contribution is -2.19. The summed E-state index contributed by atoms with van der Waals surface area (Å²) in [4.78, 5) is 10.8. The maximum absolute atomic E-state index is 10.8. The van der Waals surface area contributed by atoms with Gasteiger partial charge in [-0.05, 0) is 18.6 Å². The number of unbranched alkanes of at least 4 members (excludes halogenated alkanes) is 2. The number of benzene rings is 1. The van der Waals surface area contributed by atoms with Crippen LogP contribution in [0.1, 0.15) is 26.2 Å². The maximum atomic E-state index is 10.8. The van der Waals surface area contributed by atoms with Crippen LogP contribution in [0.5, 0.6) is 5.75 Å². The van der Waals surface area contributed by atoms with E-state index in [1.165, 1.54) is 0 Å². The fourth-order valence-electron chi connectivity index (χ4n) is 1.36. The fraction of sp³-hybridized carbons (Fsp3) is 0.417. The van der Waals surface area contributed by atoms with Crippen molar-refractivity contribution >= 4 is 11.7 Å². The van der Waals surface area contributed by atoms with Gasteiger partial charge in [-0.25, -0.2) is 4.79 Å². The second-order valence-electron chi connectivity index (χ2n) is 3.54. The number of nitrogens with one attached hydrogen (secondary N) is 1. The zero-order valence-corrected chi connectivity index (χ0v) is 9.53. The highest BCUT2D eigenvalue weighted by Gasteiger charge is 2.03. The van der Waals surface area contributed by atoms with Crippen LogP contribution in [-0.2, 0) is 0 Å². The summed E-state index contributed by atoms with van der Waals surface area (Å²) in [6, 6.07) is 6.69. The van der Waals surface area contributed by atoms with Gasteiger partial charge in [0.25, 0.3) is 0 Å². The molecule has 0 saturated carbocycles. The third-order valence-electron chi connectivity index (χ3n) is 2.15. The Kier molecular flexibility index (Phi) is 5.19. The van der Waals surface area contributed by atoms with Gasteiger partial charge in [-0.15, -0.1) is 0 Å². The van der Waals surface area contributed by atoms with Gasteiger partial charge in [-0.2, -0.15) is 0 Å². The lowest BCUT2D eigenvalue weighted by atomic mass is 10.2. The third-order valence-corrected chi connectivity index (χ3v) is 2.15. The molecule has 0 fully saturated rings. The molecule has 4 nitrogen and oxygen atoms in total. The highest BCUT2D eigenvalue weighted by atomic mass is 16.5. The van der Waals surface area contributed by atoms with Crippen molar-refractivity contribution in [2.45, 2.75) is 26.2 Å². The maximum Gasteiger partial charge on any atom is 0.316 e. The van der Waals surface area contributed by atoms with Gasteiger partial charge in [-0.1, -0.05) is 31.9 Å². The minimum Gasteiger partial charge on any atom is -0.491 e. The highest BCUT2D eigenvalue weighted by molar-refractivity contribution is 5.89. The number of para-hydroxylation sites is 2. The van der Waals surface area contributed by atoms with Gasteiger partial charge < -0.3 is 15.8 Å². The number of carbonyl (C=O) groups excluding carboxylic acids is 1. The molecule has 0 aliphatic carbocycles. The fourth-order valence-corrected chi connectivity index (χ4v) is 1.36. The lowest BCUT2D eigenvalue weighted by molar-refractivity contribution is 0.259. The summed E-state index contributed by atoms with van der Waals surface area (Å²) in [6.07, 6.45) is 3.32. The molecule has 1 aromatic rings. The van der Waals surface area contributed by atoms with E-state index in [1.54, 1.807) is 6.07 Å². The van der Waals surface area contributed by atoms with Crippen molar-refractivity contribution in [1.82, 2.24) is 0 Å². The predicted octanol–water partition coefficient (Wildman–Crippen LogP) is 2.75. The molecule has 88 valence electrons. The number of primary amides is 1. The van der Waals surface area contributed by atoms with Gasteiger partial charge in [0, 0.05) is 0 Å². The van der Waals surface area contributed by atoms with Crippen LogP contribution in [0.25, 0.3) is 0 Å². The van der Waals surface area contributed by atoms with E-state index in [9.17, 15) is 4.79 Å². The third kappa shape index (κ3) is 4.21. The summed E-state index contributed by atoms with van der Waals surface area (Å²) in [6.45, 7) is 2.80. The molecule has 3 N–H and O–H groups in total. The Labute approximate surface area is 95.8 Å². The molecule has 0 saturated heterocycles. The summed E-state index contributed by atoms with van der Waals surface area (Å²) < 4.78 is 5.57. The van der Waals surface area contributed by atoms with Gasteiger partial charge in [0.05, 0.1) is 12.3 Å². The minimum absolute atomic E-state index is 0.579. The van der Waals surface area contributed by atoms with Crippen LogP contribution in [0.3, 0.4) is 0 Å². The van der Waals surface area contributed by atoms with Crippen molar-refractivity contribution in [2.75, 3.05) is 11.9 Å². The number of urea groups is 1. The molecule has 0 aliphatic heterocycles. The molecule has 1 aromatic carbocycles. The Morgan fingerprint density at radius 2 is 2.12 bits per heavy atom. The number of hydrogen-bond acceptors (Lipinski definition) is 2.